The molecule has 6 rings (SSSR count). The number of oxime groups is 1. The van der Waals surface area contributed by atoms with Crippen molar-refractivity contribution in [3.8, 4) is 17.2 Å². The average molecular weight is 816 g/mol. The molecular weight excluding hydrogens is 762 g/mol. The first-order chi connectivity index (χ1) is 28.7. The molecule has 2 aliphatic carbocycles. The number of hydrogen-bond acceptors (Lipinski definition) is 11. The number of hydrogen-bond donors (Lipinski definition) is 2. The van der Waals surface area contributed by atoms with Crippen LogP contribution in [0, 0.1) is 33.7 Å². The van der Waals surface area contributed by atoms with E-state index in [1.807, 2.05) is 13.0 Å². The Morgan fingerprint density at radius 2 is 1.78 bits per heavy atom. The molecule has 3 aromatic rings. The van der Waals surface area contributed by atoms with Crippen molar-refractivity contribution in [1.82, 2.24) is 4.90 Å². The molecule has 0 bridgehead atoms. The number of nitro groups is 1. The molecular formula is C45H54FN3O10. The number of rotatable bonds is 20. The zero-order chi connectivity index (χ0) is 41.9. The van der Waals surface area contributed by atoms with Crippen LogP contribution in [-0.2, 0) is 20.9 Å². The van der Waals surface area contributed by atoms with E-state index in [0.29, 0.717) is 48.0 Å². The number of carbonyl (C=O) groups excluding carboxylic acids is 1. The smallest absolute Gasteiger partial charge is 0.410 e. The molecule has 3 aliphatic rings. The molecule has 6 atom stereocenters. The van der Waals surface area contributed by atoms with Gasteiger partial charge in [0.15, 0.2) is 0 Å². The van der Waals surface area contributed by atoms with Crippen LogP contribution < -0.4 is 9.47 Å². The standard InChI is InChI=1S/C45H54FN3O10/c1-4-24-56-45-41(48(44(52)55-5-2)29-30-16-18-32(46)19-17-30)28-39(47-57-6-3)37-25-31(12-7-9-22-50)36(15-8-10-23-51)42(43(37)45)38-27-35(20-21-40(38)59-45)58-34-14-11-13-33(26-34)49(53)54/h4,11,13-14,16-21,25-27,31,36,41-43,50-51H,1,5-10,12,15,22-24,28-29H2,2-3H3/t31-,36+,41-,42+,43+,45+/m0/s1. The summed E-state index contributed by atoms with van der Waals surface area (Å²) >= 11 is 0. The fraction of sp³-hybridized carbons (Fsp3) is 0.467. The molecule has 14 heteroatoms. The molecule has 0 aromatic heterocycles. The predicted octanol–water partition coefficient (Wildman–Crippen LogP) is 8.84. The number of unbranched alkanes of at least 4 members (excludes halogenated alkanes) is 2. The first-order valence-electron chi connectivity index (χ1n) is 20.5. The van der Waals surface area contributed by atoms with Crippen molar-refractivity contribution < 1.29 is 48.1 Å². The van der Waals surface area contributed by atoms with E-state index in [-0.39, 0.29) is 62.8 Å². The predicted molar refractivity (Wildman–Crippen MR) is 219 cm³/mol. The molecule has 1 heterocycles. The molecule has 2 N–H and O–H groups in total. The number of ether oxygens (including phenoxy) is 4. The van der Waals surface area contributed by atoms with Crippen LogP contribution in [0.25, 0.3) is 0 Å². The van der Waals surface area contributed by atoms with Gasteiger partial charge in [0, 0.05) is 43.7 Å². The average Bonchev–Trinajstić information content (AvgIpc) is 3.23. The lowest BCUT2D eigenvalue weighted by molar-refractivity contribution is -0.384. The molecule has 13 nitrogen and oxygen atoms in total. The van der Waals surface area contributed by atoms with E-state index in [0.717, 1.165) is 36.8 Å². The van der Waals surface area contributed by atoms with Crippen LogP contribution in [0.3, 0.4) is 0 Å². The largest absolute Gasteiger partial charge is 0.459 e. The lowest BCUT2D eigenvalue weighted by Gasteiger charge is -2.59. The number of non-ortho nitro benzene ring substituents is 1. The van der Waals surface area contributed by atoms with Crippen LogP contribution in [0.4, 0.5) is 14.9 Å². The quantitative estimate of drug-likeness (QED) is 0.0488. The zero-order valence-electron chi connectivity index (χ0n) is 33.7. The van der Waals surface area contributed by atoms with Crippen molar-refractivity contribution in [3.63, 3.8) is 0 Å². The second-order valence-corrected chi connectivity index (χ2v) is 15.0. The number of aliphatic hydroxyl groups excluding tert-OH is 2. The van der Waals surface area contributed by atoms with Gasteiger partial charge in [-0.15, -0.1) is 6.58 Å². The van der Waals surface area contributed by atoms with Crippen LogP contribution in [0.15, 0.2) is 96.2 Å². The highest BCUT2D eigenvalue weighted by molar-refractivity contribution is 6.03. The summed E-state index contributed by atoms with van der Waals surface area (Å²) < 4.78 is 40.3. The van der Waals surface area contributed by atoms with Gasteiger partial charge in [0.1, 0.15) is 35.7 Å². The third kappa shape index (κ3) is 9.61. The molecule has 3 aromatic carbocycles. The van der Waals surface area contributed by atoms with E-state index in [9.17, 15) is 29.5 Å². The Kier molecular flexibility index (Phi) is 14.7. The number of amides is 1. The molecule has 0 saturated heterocycles. The number of aliphatic hydroxyl groups is 2. The van der Waals surface area contributed by atoms with Crippen molar-refractivity contribution >= 4 is 17.5 Å². The van der Waals surface area contributed by atoms with Gasteiger partial charge in [0.2, 0.25) is 5.79 Å². The Labute approximate surface area is 344 Å². The maximum atomic E-state index is 14.2. The van der Waals surface area contributed by atoms with E-state index < -0.39 is 34.6 Å². The first kappa shape index (κ1) is 43.3. The molecule has 316 valence electrons. The normalized spacial score (nSPS) is 23.6. The maximum absolute atomic E-state index is 14.2. The summed E-state index contributed by atoms with van der Waals surface area (Å²) in [5.74, 6) is -1.67. The molecule has 0 spiro atoms. The van der Waals surface area contributed by atoms with Crippen molar-refractivity contribution in [2.24, 2.45) is 22.9 Å². The molecule has 1 saturated carbocycles. The van der Waals surface area contributed by atoms with Gasteiger partial charge in [-0.05, 0) is 98.9 Å². The highest BCUT2D eigenvalue weighted by Crippen LogP contribution is 2.62. The Hall–Kier alpha value is -5.31. The number of benzene rings is 3. The van der Waals surface area contributed by atoms with Crippen molar-refractivity contribution in [2.75, 3.05) is 33.0 Å². The summed E-state index contributed by atoms with van der Waals surface area (Å²) in [5, 5.41) is 36.0. The molecule has 1 aliphatic heterocycles. The monoisotopic (exact) mass is 815 g/mol. The van der Waals surface area contributed by atoms with Gasteiger partial charge < -0.3 is 34.0 Å². The lowest BCUT2D eigenvalue weighted by atomic mass is 9.55. The van der Waals surface area contributed by atoms with Gasteiger partial charge in [-0.3, -0.25) is 15.0 Å². The summed E-state index contributed by atoms with van der Waals surface area (Å²) in [6.45, 7) is 8.14. The Morgan fingerprint density at radius 3 is 2.47 bits per heavy atom. The fourth-order valence-electron chi connectivity index (χ4n) is 8.95. The number of fused-ring (bicyclic) bond motifs is 2. The Balaban J connectivity index is 1.59. The molecule has 1 fully saturated rings. The van der Waals surface area contributed by atoms with Gasteiger partial charge in [-0.2, -0.15) is 0 Å². The van der Waals surface area contributed by atoms with Crippen molar-refractivity contribution in [1.29, 1.82) is 0 Å². The highest BCUT2D eigenvalue weighted by Gasteiger charge is 2.65. The maximum Gasteiger partial charge on any atom is 0.410 e. The van der Waals surface area contributed by atoms with Gasteiger partial charge >= 0.3 is 6.09 Å². The van der Waals surface area contributed by atoms with Crippen molar-refractivity contribution in [3.05, 3.63) is 118 Å². The molecule has 0 radical (unpaired) electrons. The van der Waals surface area contributed by atoms with E-state index in [4.69, 9.17) is 28.9 Å². The van der Waals surface area contributed by atoms with Crippen LogP contribution in [-0.4, -0.2) is 76.7 Å². The van der Waals surface area contributed by atoms with E-state index in [1.54, 1.807) is 54.3 Å². The van der Waals surface area contributed by atoms with Gasteiger partial charge in [0.05, 0.1) is 35.8 Å². The first-order valence-corrected chi connectivity index (χ1v) is 20.5. The zero-order valence-corrected chi connectivity index (χ0v) is 33.7. The minimum absolute atomic E-state index is 0.00430. The van der Waals surface area contributed by atoms with E-state index in [2.05, 4.69) is 12.7 Å². The van der Waals surface area contributed by atoms with Gasteiger partial charge in [0.25, 0.3) is 5.69 Å². The third-order valence-corrected chi connectivity index (χ3v) is 11.4. The number of nitrogens with zero attached hydrogens (tertiary/aromatic N) is 3. The number of allylic oxidation sites excluding steroid dienone is 1. The summed E-state index contributed by atoms with van der Waals surface area (Å²) in [7, 11) is 0. The lowest BCUT2D eigenvalue weighted by Crippen LogP contribution is -2.70. The van der Waals surface area contributed by atoms with Gasteiger partial charge in [-0.1, -0.05) is 48.3 Å². The van der Waals surface area contributed by atoms with Crippen molar-refractivity contribution in [2.45, 2.75) is 83.1 Å². The summed E-state index contributed by atoms with van der Waals surface area (Å²) in [4.78, 5) is 32.7. The second-order valence-electron chi connectivity index (χ2n) is 15.0. The topological polar surface area (TPSA) is 162 Å². The minimum atomic E-state index is -1.54. The van der Waals surface area contributed by atoms with Crippen LogP contribution in [0.1, 0.15) is 75.8 Å². The molecule has 0 unspecified atom stereocenters. The molecule has 1 amide bonds. The van der Waals surface area contributed by atoms with Gasteiger partial charge in [-0.25, -0.2) is 9.18 Å². The van der Waals surface area contributed by atoms with Crippen LogP contribution in [0.2, 0.25) is 0 Å². The van der Waals surface area contributed by atoms with Crippen LogP contribution >= 0.6 is 0 Å². The Morgan fingerprint density at radius 1 is 1.03 bits per heavy atom. The van der Waals surface area contributed by atoms with Crippen LogP contribution in [0.5, 0.6) is 17.2 Å². The Bertz CT molecular complexity index is 1990. The number of nitro benzene ring substituents is 1. The summed E-state index contributed by atoms with van der Waals surface area (Å²) in [6.07, 6.45) is 7.64. The second kappa shape index (κ2) is 20.1. The highest BCUT2D eigenvalue weighted by atomic mass is 19.1. The third-order valence-electron chi connectivity index (χ3n) is 11.4. The minimum Gasteiger partial charge on any atom is -0.459 e. The summed E-state index contributed by atoms with van der Waals surface area (Å²) in [5.41, 5.74) is 2.85. The summed E-state index contributed by atoms with van der Waals surface area (Å²) in [6, 6.07) is 16.5. The van der Waals surface area contributed by atoms with E-state index in [1.165, 1.54) is 24.3 Å². The number of carbonyl (C=O) groups is 1. The SMILES string of the molecule is C=CCO[C@@]12Oc3ccc(Oc4cccc([N+](=O)[O-])c4)cc3[C@H]3[C@H](CCCCO)[C@@H](CCCCO)C=C(C(=NOCC)C[C@@H]1N(Cc1ccc(F)cc1)C(=O)OCC)[C@H]32. The molecule has 59 heavy (non-hydrogen) atoms. The fourth-order valence-corrected chi connectivity index (χ4v) is 8.95. The van der Waals surface area contributed by atoms with E-state index >= 15 is 0 Å². The number of halogens is 1.